The SMILES string of the molecule is N=C1O[C@H]2CSC[C@H]2N1C(=O)c1cnccn1. The van der Waals surface area contributed by atoms with Gasteiger partial charge in [0.05, 0.1) is 12.2 Å². The van der Waals surface area contributed by atoms with E-state index in [4.69, 9.17) is 10.1 Å². The van der Waals surface area contributed by atoms with Crippen molar-refractivity contribution >= 4 is 23.7 Å². The lowest BCUT2D eigenvalue weighted by Crippen LogP contribution is -2.41. The van der Waals surface area contributed by atoms with E-state index in [0.29, 0.717) is 0 Å². The van der Waals surface area contributed by atoms with Crippen LogP contribution in [-0.2, 0) is 4.74 Å². The summed E-state index contributed by atoms with van der Waals surface area (Å²) in [4.78, 5) is 21.4. The monoisotopic (exact) mass is 250 g/mol. The molecule has 2 saturated heterocycles. The smallest absolute Gasteiger partial charge is 0.292 e. The number of aromatic nitrogens is 2. The van der Waals surface area contributed by atoms with Crippen molar-refractivity contribution in [1.82, 2.24) is 14.9 Å². The maximum atomic E-state index is 12.2. The van der Waals surface area contributed by atoms with Gasteiger partial charge >= 0.3 is 0 Å². The van der Waals surface area contributed by atoms with Crippen molar-refractivity contribution in [3.63, 3.8) is 0 Å². The number of hydrogen-bond donors (Lipinski definition) is 1. The highest BCUT2D eigenvalue weighted by atomic mass is 32.2. The van der Waals surface area contributed by atoms with Crippen molar-refractivity contribution < 1.29 is 9.53 Å². The van der Waals surface area contributed by atoms with Gasteiger partial charge in [-0.15, -0.1) is 0 Å². The molecule has 0 aliphatic carbocycles. The van der Waals surface area contributed by atoms with Crippen LogP contribution in [0.3, 0.4) is 0 Å². The fourth-order valence-electron chi connectivity index (χ4n) is 2.00. The minimum atomic E-state index is -0.307. The molecule has 1 aromatic rings. The minimum Gasteiger partial charge on any atom is -0.459 e. The zero-order valence-corrected chi connectivity index (χ0v) is 9.68. The molecule has 1 aromatic heterocycles. The number of amidine groups is 1. The molecule has 1 N–H and O–H groups in total. The quantitative estimate of drug-likeness (QED) is 0.779. The van der Waals surface area contributed by atoms with Crippen molar-refractivity contribution in [2.24, 2.45) is 0 Å². The van der Waals surface area contributed by atoms with E-state index in [1.54, 1.807) is 11.8 Å². The number of carbonyl (C=O) groups excluding carboxylic acids is 1. The van der Waals surface area contributed by atoms with Crippen LogP contribution in [-0.4, -0.2) is 50.4 Å². The van der Waals surface area contributed by atoms with E-state index >= 15 is 0 Å². The Balaban J connectivity index is 1.89. The van der Waals surface area contributed by atoms with Crippen LogP contribution < -0.4 is 0 Å². The Morgan fingerprint density at radius 3 is 3.18 bits per heavy atom. The molecule has 0 radical (unpaired) electrons. The predicted molar refractivity (Wildman–Crippen MR) is 61.9 cm³/mol. The van der Waals surface area contributed by atoms with Gasteiger partial charge in [0.2, 0.25) is 0 Å². The first-order valence-corrected chi connectivity index (χ1v) is 6.35. The van der Waals surface area contributed by atoms with E-state index in [-0.39, 0.29) is 29.8 Å². The molecule has 0 unspecified atom stereocenters. The van der Waals surface area contributed by atoms with Crippen LogP contribution in [0.15, 0.2) is 18.6 Å². The van der Waals surface area contributed by atoms with E-state index in [0.717, 1.165) is 11.5 Å². The van der Waals surface area contributed by atoms with Crippen molar-refractivity contribution in [2.75, 3.05) is 11.5 Å². The minimum absolute atomic E-state index is 0.0398. The molecule has 6 nitrogen and oxygen atoms in total. The Morgan fingerprint density at radius 1 is 1.53 bits per heavy atom. The summed E-state index contributed by atoms with van der Waals surface area (Å²) < 4.78 is 5.36. The average molecular weight is 250 g/mol. The van der Waals surface area contributed by atoms with Crippen molar-refractivity contribution in [2.45, 2.75) is 12.1 Å². The zero-order chi connectivity index (χ0) is 11.8. The fraction of sp³-hybridized carbons (Fsp3) is 0.400. The van der Waals surface area contributed by atoms with Gasteiger partial charge in [-0.25, -0.2) is 4.98 Å². The second kappa shape index (κ2) is 3.99. The van der Waals surface area contributed by atoms with Gasteiger partial charge in [0, 0.05) is 23.9 Å². The number of fused-ring (bicyclic) bond motifs is 1. The molecule has 0 bridgehead atoms. The molecule has 2 fully saturated rings. The fourth-order valence-corrected chi connectivity index (χ4v) is 3.27. The maximum absolute atomic E-state index is 12.2. The average Bonchev–Trinajstić information content (AvgIpc) is 2.89. The summed E-state index contributed by atoms with van der Waals surface area (Å²) in [5.41, 5.74) is 0.249. The van der Waals surface area contributed by atoms with E-state index in [2.05, 4.69) is 9.97 Å². The van der Waals surface area contributed by atoms with Crippen LogP contribution in [0.2, 0.25) is 0 Å². The van der Waals surface area contributed by atoms with E-state index in [1.807, 2.05) is 0 Å². The van der Waals surface area contributed by atoms with Gasteiger partial charge in [-0.05, 0) is 0 Å². The van der Waals surface area contributed by atoms with Crippen molar-refractivity contribution in [3.8, 4) is 0 Å². The molecule has 2 aliphatic rings. The molecule has 7 heteroatoms. The highest BCUT2D eigenvalue weighted by molar-refractivity contribution is 7.99. The molecule has 88 valence electrons. The highest BCUT2D eigenvalue weighted by Crippen LogP contribution is 2.31. The van der Waals surface area contributed by atoms with Crippen LogP contribution in [0.5, 0.6) is 0 Å². The summed E-state index contributed by atoms with van der Waals surface area (Å²) in [7, 11) is 0. The molecular weight excluding hydrogens is 240 g/mol. The molecule has 0 saturated carbocycles. The van der Waals surface area contributed by atoms with Crippen LogP contribution >= 0.6 is 11.8 Å². The number of nitrogens with zero attached hydrogens (tertiary/aromatic N) is 3. The first kappa shape index (κ1) is 10.5. The maximum Gasteiger partial charge on any atom is 0.292 e. The number of ether oxygens (including phenoxy) is 1. The largest absolute Gasteiger partial charge is 0.459 e. The van der Waals surface area contributed by atoms with Gasteiger partial charge in [0.1, 0.15) is 11.8 Å². The lowest BCUT2D eigenvalue weighted by molar-refractivity contribution is 0.0817. The Hall–Kier alpha value is -1.63. The summed E-state index contributed by atoms with van der Waals surface area (Å²) >= 11 is 1.73. The summed E-state index contributed by atoms with van der Waals surface area (Å²) in [5.74, 6) is 1.33. The number of rotatable bonds is 1. The first-order valence-electron chi connectivity index (χ1n) is 5.20. The van der Waals surface area contributed by atoms with Crippen LogP contribution in [0.25, 0.3) is 0 Å². The van der Waals surface area contributed by atoms with E-state index in [9.17, 15) is 4.79 Å². The number of thioether (sulfide) groups is 1. The summed E-state index contributed by atoms with van der Waals surface area (Å²) in [6.45, 7) is 0. The third-order valence-electron chi connectivity index (χ3n) is 2.81. The molecule has 3 heterocycles. The van der Waals surface area contributed by atoms with Gasteiger partial charge < -0.3 is 4.74 Å². The Kier molecular flexibility index (Phi) is 2.47. The first-order chi connectivity index (χ1) is 8.27. The van der Waals surface area contributed by atoms with Crippen molar-refractivity contribution in [3.05, 3.63) is 24.3 Å². The predicted octanol–water partition coefficient (Wildman–Crippen LogP) is 0.368. The summed E-state index contributed by atoms with van der Waals surface area (Å²) in [6.07, 6.45) is 4.34. The number of carbonyl (C=O) groups is 1. The van der Waals surface area contributed by atoms with Gasteiger partial charge in [0.25, 0.3) is 11.9 Å². The summed E-state index contributed by atoms with van der Waals surface area (Å²) in [5, 5.41) is 7.71. The van der Waals surface area contributed by atoms with Gasteiger partial charge in [-0.2, -0.15) is 11.8 Å². The van der Waals surface area contributed by atoms with Gasteiger partial charge in [-0.3, -0.25) is 20.1 Å². The highest BCUT2D eigenvalue weighted by Gasteiger charge is 2.46. The van der Waals surface area contributed by atoms with Crippen LogP contribution in [0, 0.1) is 5.41 Å². The molecule has 0 spiro atoms. The summed E-state index contributed by atoms with van der Waals surface area (Å²) in [6, 6.07) is -0.113. The molecule has 2 atom stereocenters. The van der Waals surface area contributed by atoms with E-state index < -0.39 is 0 Å². The molecule has 1 amide bonds. The molecule has 0 aromatic carbocycles. The van der Waals surface area contributed by atoms with Gasteiger partial charge in [-0.1, -0.05) is 0 Å². The molecule has 2 aliphatic heterocycles. The lowest BCUT2D eigenvalue weighted by Gasteiger charge is -2.18. The number of hydrogen-bond acceptors (Lipinski definition) is 6. The van der Waals surface area contributed by atoms with E-state index in [1.165, 1.54) is 23.5 Å². The lowest BCUT2D eigenvalue weighted by atomic mass is 10.2. The number of nitrogens with one attached hydrogen (secondary N) is 1. The second-order valence-corrected chi connectivity index (χ2v) is 4.91. The third kappa shape index (κ3) is 1.66. The zero-order valence-electron chi connectivity index (χ0n) is 8.87. The van der Waals surface area contributed by atoms with Crippen LogP contribution in [0.4, 0.5) is 0 Å². The van der Waals surface area contributed by atoms with Gasteiger partial charge in [0.15, 0.2) is 0 Å². The topological polar surface area (TPSA) is 79.2 Å². The van der Waals surface area contributed by atoms with Crippen LogP contribution in [0.1, 0.15) is 10.5 Å². The number of amides is 1. The Bertz CT molecular complexity index is 467. The molecule has 17 heavy (non-hydrogen) atoms. The Morgan fingerprint density at radius 2 is 2.41 bits per heavy atom. The third-order valence-corrected chi connectivity index (χ3v) is 3.96. The molecule has 3 rings (SSSR count). The normalized spacial score (nSPS) is 26.8. The Labute approximate surface area is 102 Å². The van der Waals surface area contributed by atoms with Crippen molar-refractivity contribution in [1.29, 1.82) is 5.41 Å². The standard InChI is InChI=1S/C10H10N4O2S/c11-10-14(7-4-17-5-8(7)16-10)9(15)6-3-12-1-2-13-6/h1-3,7-8,11H,4-5H2/t7-,8+/m1/s1. The second-order valence-electron chi connectivity index (χ2n) is 3.83. The molecular formula is C10H10N4O2S.